The molecule has 1 aliphatic heterocycles. The zero-order valence-electron chi connectivity index (χ0n) is 5.91. The van der Waals surface area contributed by atoms with Crippen LogP contribution in [0.5, 0.6) is 0 Å². The van der Waals surface area contributed by atoms with E-state index in [4.69, 9.17) is 10.5 Å². The minimum absolute atomic E-state index is 0.0301. The molecule has 1 amide bonds. The van der Waals surface area contributed by atoms with E-state index >= 15 is 0 Å². The van der Waals surface area contributed by atoms with E-state index in [0.717, 1.165) is 0 Å². The molecule has 1 heterocycles. The van der Waals surface area contributed by atoms with Gasteiger partial charge in [0.05, 0.1) is 12.7 Å². The number of primary amides is 1. The SMILES string of the molecule is C[C@@H]1C=COC1CC(N)=O. The van der Waals surface area contributed by atoms with Crippen LogP contribution in [-0.4, -0.2) is 12.0 Å². The molecule has 0 spiro atoms. The van der Waals surface area contributed by atoms with Crippen LogP contribution in [0.15, 0.2) is 12.3 Å². The lowest BCUT2D eigenvalue weighted by Crippen LogP contribution is -2.23. The van der Waals surface area contributed by atoms with E-state index in [2.05, 4.69) is 0 Å². The number of carbonyl (C=O) groups is 1. The van der Waals surface area contributed by atoms with Gasteiger partial charge in [-0.05, 0) is 6.08 Å². The fraction of sp³-hybridized carbons (Fsp3) is 0.571. The summed E-state index contributed by atoms with van der Waals surface area (Å²) in [5.74, 6) is 0.00745. The van der Waals surface area contributed by atoms with Gasteiger partial charge in [-0.15, -0.1) is 0 Å². The largest absolute Gasteiger partial charge is 0.497 e. The molecule has 0 aliphatic carbocycles. The molecule has 0 aromatic rings. The van der Waals surface area contributed by atoms with E-state index in [9.17, 15) is 4.79 Å². The molecule has 0 aromatic heterocycles. The molecule has 0 radical (unpaired) electrons. The molecule has 0 fully saturated rings. The Kier molecular flexibility index (Phi) is 1.94. The van der Waals surface area contributed by atoms with Crippen molar-refractivity contribution in [3.05, 3.63) is 12.3 Å². The molecule has 2 N–H and O–H groups in total. The van der Waals surface area contributed by atoms with Crippen molar-refractivity contribution in [3.8, 4) is 0 Å². The van der Waals surface area contributed by atoms with Gasteiger partial charge < -0.3 is 10.5 Å². The summed E-state index contributed by atoms with van der Waals surface area (Å²) in [6, 6.07) is 0. The molecule has 3 nitrogen and oxygen atoms in total. The van der Waals surface area contributed by atoms with Crippen molar-refractivity contribution in [3.63, 3.8) is 0 Å². The van der Waals surface area contributed by atoms with Crippen LogP contribution < -0.4 is 5.73 Å². The summed E-state index contributed by atoms with van der Waals surface area (Å²) in [6.07, 6.45) is 3.83. The fourth-order valence-corrected chi connectivity index (χ4v) is 0.950. The minimum atomic E-state index is -0.305. The second-order valence-electron chi connectivity index (χ2n) is 2.53. The van der Waals surface area contributed by atoms with Crippen molar-refractivity contribution in [2.75, 3.05) is 0 Å². The smallest absolute Gasteiger partial charge is 0.221 e. The van der Waals surface area contributed by atoms with Crippen LogP contribution in [0.25, 0.3) is 0 Å². The fourth-order valence-electron chi connectivity index (χ4n) is 0.950. The highest BCUT2D eigenvalue weighted by atomic mass is 16.5. The lowest BCUT2D eigenvalue weighted by atomic mass is 10.0. The average molecular weight is 141 g/mol. The van der Waals surface area contributed by atoms with E-state index < -0.39 is 0 Å². The van der Waals surface area contributed by atoms with Crippen molar-refractivity contribution < 1.29 is 9.53 Å². The molecule has 1 rings (SSSR count). The highest BCUT2D eigenvalue weighted by molar-refractivity contribution is 5.74. The number of hydrogen-bond acceptors (Lipinski definition) is 2. The predicted molar refractivity (Wildman–Crippen MR) is 37.0 cm³/mol. The van der Waals surface area contributed by atoms with Crippen LogP contribution in [0.1, 0.15) is 13.3 Å². The van der Waals surface area contributed by atoms with E-state index in [1.165, 1.54) is 0 Å². The second kappa shape index (κ2) is 2.73. The van der Waals surface area contributed by atoms with Gasteiger partial charge in [0, 0.05) is 5.92 Å². The molecular weight excluding hydrogens is 130 g/mol. The van der Waals surface area contributed by atoms with Gasteiger partial charge in [0.25, 0.3) is 0 Å². The van der Waals surface area contributed by atoms with Crippen molar-refractivity contribution in [1.29, 1.82) is 0 Å². The van der Waals surface area contributed by atoms with Gasteiger partial charge in [-0.1, -0.05) is 6.92 Å². The summed E-state index contributed by atoms with van der Waals surface area (Å²) in [5.41, 5.74) is 4.99. The number of hydrogen-bond donors (Lipinski definition) is 1. The number of rotatable bonds is 2. The first-order valence-corrected chi connectivity index (χ1v) is 3.30. The Hall–Kier alpha value is -0.990. The maximum Gasteiger partial charge on any atom is 0.221 e. The summed E-state index contributed by atoms with van der Waals surface area (Å²) in [5, 5.41) is 0. The van der Waals surface area contributed by atoms with Gasteiger partial charge in [-0.25, -0.2) is 0 Å². The normalized spacial score (nSPS) is 30.1. The standard InChI is InChI=1S/C7H11NO2/c1-5-2-3-10-6(5)4-7(8)9/h2-3,5-6H,4H2,1H3,(H2,8,9)/t5-,6?/m1/s1. The first-order valence-electron chi connectivity index (χ1n) is 3.30. The monoisotopic (exact) mass is 141 g/mol. The number of amides is 1. The molecule has 0 saturated carbocycles. The minimum Gasteiger partial charge on any atom is -0.497 e. The lowest BCUT2D eigenvalue weighted by molar-refractivity contribution is -0.120. The van der Waals surface area contributed by atoms with Crippen molar-refractivity contribution in [2.45, 2.75) is 19.4 Å². The van der Waals surface area contributed by atoms with Crippen LogP contribution in [0.4, 0.5) is 0 Å². The maximum atomic E-state index is 10.4. The van der Waals surface area contributed by atoms with Gasteiger partial charge in [0.2, 0.25) is 5.91 Å². The van der Waals surface area contributed by atoms with Gasteiger partial charge >= 0.3 is 0 Å². The Balaban J connectivity index is 2.37. The van der Waals surface area contributed by atoms with Crippen LogP contribution in [0.2, 0.25) is 0 Å². The maximum absolute atomic E-state index is 10.4. The Morgan fingerprint density at radius 1 is 1.80 bits per heavy atom. The van der Waals surface area contributed by atoms with Gasteiger partial charge in [0.1, 0.15) is 6.10 Å². The van der Waals surface area contributed by atoms with Gasteiger partial charge in [-0.2, -0.15) is 0 Å². The molecule has 1 aliphatic rings. The third-order valence-electron chi connectivity index (χ3n) is 1.62. The van der Waals surface area contributed by atoms with Crippen molar-refractivity contribution in [2.24, 2.45) is 11.7 Å². The summed E-state index contributed by atoms with van der Waals surface area (Å²) < 4.78 is 5.09. The third kappa shape index (κ3) is 1.50. The molecule has 2 atom stereocenters. The molecule has 1 unspecified atom stereocenters. The molecule has 56 valence electrons. The van der Waals surface area contributed by atoms with Crippen molar-refractivity contribution >= 4 is 5.91 Å². The molecule has 0 saturated heterocycles. The highest BCUT2D eigenvalue weighted by Crippen LogP contribution is 2.18. The first-order chi connectivity index (χ1) is 4.70. The summed E-state index contributed by atoms with van der Waals surface area (Å²) >= 11 is 0. The number of ether oxygens (including phenoxy) is 1. The third-order valence-corrected chi connectivity index (χ3v) is 1.62. The van der Waals surface area contributed by atoms with Crippen LogP contribution in [0, 0.1) is 5.92 Å². The quantitative estimate of drug-likeness (QED) is 0.605. The second-order valence-corrected chi connectivity index (χ2v) is 2.53. The Morgan fingerprint density at radius 3 is 2.90 bits per heavy atom. The zero-order valence-corrected chi connectivity index (χ0v) is 5.91. The predicted octanol–water partition coefficient (Wildman–Crippen LogP) is 0.410. The summed E-state index contributed by atoms with van der Waals surface area (Å²) in [7, 11) is 0. The zero-order chi connectivity index (χ0) is 7.56. The van der Waals surface area contributed by atoms with Crippen LogP contribution >= 0.6 is 0 Å². The van der Waals surface area contributed by atoms with E-state index in [1.807, 2.05) is 13.0 Å². The molecular formula is C7H11NO2. The Labute approximate surface area is 59.8 Å². The topological polar surface area (TPSA) is 52.3 Å². The number of carbonyl (C=O) groups excluding carboxylic acids is 1. The highest BCUT2D eigenvalue weighted by Gasteiger charge is 2.21. The van der Waals surface area contributed by atoms with E-state index in [0.29, 0.717) is 12.3 Å². The Morgan fingerprint density at radius 2 is 2.50 bits per heavy atom. The molecule has 0 aromatic carbocycles. The average Bonchev–Trinajstić information content (AvgIpc) is 2.15. The van der Waals surface area contributed by atoms with Crippen LogP contribution in [-0.2, 0) is 9.53 Å². The number of nitrogens with two attached hydrogens (primary N) is 1. The van der Waals surface area contributed by atoms with Gasteiger partial charge in [-0.3, -0.25) is 4.79 Å². The lowest BCUT2D eigenvalue weighted by Gasteiger charge is -2.11. The molecule has 3 heteroatoms. The first kappa shape index (κ1) is 7.12. The van der Waals surface area contributed by atoms with Crippen molar-refractivity contribution in [1.82, 2.24) is 0 Å². The summed E-state index contributed by atoms with van der Waals surface area (Å²) in [6.45, 7) is 2.00. The van der Waals surface area contributed by atoms with E-state index in [1.54, 1.807) is 6.26 Å². The molecule has 10 heavy (non-hydrogen) atoms. The van der Waals surface area contributed by atoms with Crippen LogP contribution in [0.3, 0.4) is 0 Å². The summed E-state index contributed by atoms with van der Waals surface area (Å²) in [4.78, 5) is 10.4. The Bertz CT molecular complexity index is 165. The van der Waals surface area contributed by atoms with E-state index in [-0.39, 0.29) is 12.0 Å². The van der Waals surface area contributed by atoms with Gasteiger partial charge in [0.15, 0.2) is 0 Å². The molecule has 0 bridgehead atoms.